The minimum Gasteiger partial charge on any atom is -0.369 e. The molecule has 1 saturated heterocycles. The number of rotatable bonds is 3. The Morgan fingerprint density at radius 3 is 2.35 bits per heavy atom. The summed E-state index contributed by atoms with van der Waals surface area (Å²) < 4.78 is 37.6. The van der Waals surface area contributed by atoms with Crippen LogP contribution in [0.25, 0.3) is 0 Å². The lowest BCUT2D eigenvalue weighted by atomic mass is 9.92. The number of carbonyl (C=O) groups excluding carboxylic acids is 2. The minimum absolute atomic E-state index is 0.00690. The van der Waals surface area contributed by atoms with Gasteiger partial charge in [0.2, 0.25) is 11.8 Å². The number of hydrogen-bond donors (Lipinski definition) is 1. The van der Waals surface area contributed by atoms with Gasteiger partial charge in [-0.25, -0.2) is 0 Å². The molecule has 1 aliphatic heterocycles. The van der Waals surface area contributed by atoms with Gasteiger partial charge in [-0.15, -0.1) is 0 Å². The topological polar surface area (TPSA) is 63.4 Å². The summed E-state index contributed by atoms with van der Waals surface area (Å²) in [6, 6.07) is 4.54. The van der Waals surface area contributed by atoms with Gasteiger partial charge in [0.1, 0.15) is 0 Å². The molecule has 2 amide bonds. The smallest absolute Gasteiger partial charge is 0.369 e. The highest BCUT2D eigenvalue weighted by Gasteiger charge is 2.32. The Hall–Kier alpha value is -2.05. The van der Waals surface area contributed by atoms with E-state index in [1.165, 1.54) is 12.1 Å². The summed E-state index contributed by atoms with van der Waals surface area (Å²) in [5, 5.41) is 0. The summed E-state index contributed by atoms with van der Waals surface area (Å²) in [7, 11) is 0. The lowest BCUT2D eigenvalue weighted by Crippen LogP contribution is -2.49. The molecule has 2 atom stereocenters. The molecule has 1 aromatic rings. The molecule has 1 aliphatic rings. The van der Waals surface area contributed by atoms with E-state index in [1.54, 1.807) is 4.90 Å². The first-order valence-electron chi connectivity index (χ1n) is 7.43. The fraction of sp³-hybridized carbons (Fsp3) is 0.500. The molecule has 4 nitrogen and oxygen atoms in total. The number of halogens is 3. The zero-order valence-corrected chi connectivity index (χ0v) is 12.8. The van der Waals surface area contributed by atoms with Gasteiger partial charge in [0.05, 0.1) is 17.9 Å². The van der Waals surface area contributed by atoms with E-state index in [4.69, 9.17) is 5.73 Å². The summed E-state index contributed by atoms with van der Waals surface area (Å²) in [4.78, 5) is 25.3. The van der Waals surface area contributed by atoms with Gasteiger partial charge < -0.3 is 10.6 Å². The van der Waals surface area contributed by atoms with Gasteiger partial charge in [-0.1, -0.05) is 12.1 Å². The lowest BCUT2D eigenvalue weighted by Gasteiger charge is -2.37. The summed E-state index contributed by atoms with van der Waals surface area (Å²) in [6.07, 6.45) is -3.04. The zero-order valence-electron chi connectivity index (χ0n) is 12.8. The molecule has 0 aromatic heterocycles. The molecule has 1 heterocycles. The van der Waals surface area contributed by atoms with Crippen molar-refractivity contribution in [3.63, 3.8) is 0 Å². The van der Waals surface area contributed by atoms with Crippen LogP contribution in [0.1, 0.15) is 30.9 Å². The van der Waals surface area contributed by atoms with Crippen LogP contribution in [0, 0.1) is 5.92 Å². The third kappa shape index (κ3) is 4.24. The van der Waals surface area contributed by atoms with Gasteiger partial charge in [-0.3, -0.25) is 9.59 Å². The van der Waals surface area contributed by atoms with Gasteiger partial charge in [-0.2, -0.15) is 13.2 Å². The van der Waals surface area contributed by atoms with Crippen LogP contribution >= 0.6 is 0 Å². The van der Waals surface area contributed by atoms with Gasteiger partial charge in [0.15, 0.2) is 0 Å². The highest BCUT2D eigenvalue weighted by molar-refractivity contribution is 5.81. The summed E-state index contributed by atoms with van der Waals surface area (Å²) >= 11 is 0. The van der Waals surface area contributed by atoms with Crippen molar-refractivity contribution in [2.75, 3.05) is 6.54 Å². The molecule has 1 fully saturated rings. The van der Waals surface area contributed by atoms with E-state index in [1.807, 2.05) is 6.92 Å². The fourth-order valence-corrected chi connectivity index (χ4v) is 2.77. The van der Waals surface area contributed by atoms with Gasteiger partial charge in [-0.05, 0) is 37.5 Å². The van der Waals surface area contributed by atoms with E-state index in [9.17, 15) is 22.8 Å². The lowest BCUT2D eigenvalue weighted by molar-refractivity contribution is -0.138. The molecular formula is C16H19F3N2O2. The maximum atomic E-state index is 12.5. The number of hydrogen-bond acceptors (Lipinski definition) is 2. The van der Waals surface area contributed by atoms with E-state index in [0.29, 0.717) is 18.4 Å². The molecule has 2 rings (SSSR count). The molecule has 0 radical (unpaired) electrons. The summed E-state index contributed by atoms with van der Waals surface area (Å²) in [6.45, 7) is 2.16. The van der Waals surface area contributed by atoms with Crippen molar-refractivity contribution < 1.29 is 22.8 Å². The second kappa shape index (κ2) is 6.60. The number of amides is 2. The predicted octanol–water partition coefficient (Wildman–Crippen LogP) is 2.36. The molecule has 0 unspecified atom stereocenters. The third-order valence-electron chi connectivity index (χ3n) is 4.24. The van der Waals surface area contributed by atoms with Crippen LogP contribution in [-0.4, -0.2) is 29.3 Å². The van der Waals surface area contributed by atoms with E-state index >= 15 is 0 Å². The quantitative estimate of drug-likeness (QED) is 0.926. The molecule has 0 spiro atoms. The van der Waals surface area contributed by atoms with E-state index in [0.717, 1.165) is 12.1 Å². The van der Waals surface area contributed by atoms with Crippen LogP contribution in [-0.2, 0) is 22.2 Å². The second-order valence-electron chi connectivity index (χ2n) is 5.94. The first-order valence-corrected chi connectivity index (χ1v) is 7.43. The van der Waals surface area contributed by atoms with Gasteiger partial charge >= 0.3 is 6.18 Å². The maximum absolute atomic E-state index is 12.5. The van der Waals surface area contributed by atoms with Crippen LogP contribution < -0.4 is 5.73 Å². The van der Waals surface area contributed by atoms with Crippen LogP contribution in [0.2, 0.25) is 0 Å². The average molecular weight is 328 g/mol. The second-order valence-corrected chi connectivity index (χ2v) is 5.94. The SMILES string of the molecule is C[C@@H]1CC[C@@H](C(N)=O)CN1C(=O)Cc1ccc(C(F)(F)F)cc1. The Labute approximate surface area is 132 Å². The Morgan fingerprint density at radius 1 is 1.22 bits per heavy atom. The highest BCUT2D eigenvalue weighted by Crippen LogP contribution is 2.29. The normalized spacial score (nSPS) is 22.0. The Kier molecular flexibility index (Phi) is 4.97. The first kappa shape index (κ1) is 17.3. The number of nitrogens with two attached hydrogens (primary N) is 1. The first-order chi connectivity index (χ1) is 10.7. The van der Waals surface area contributed by atoms with Crippen LogP contribution in [0.5, 0.6) is 0 Å². The Balaban J connectivity index is 2.04. The number of alkyl halides is 3. The number of carbonyl (C=O) groups is 2. The molecular weight excluding hydrogens is 309 g/mol. The van der Waals surface area contributed by atoms with Crippen LogP contribution in [0.3, 0.4) is 0 Å². The van der Waals surface area contributed by atoms with Crippen molar-refractivity contribution in [2.24, 2.45) is 11.7 Å². The Morgan fingerprint density at radius 2 is 1.83 bits per heavy atom. The number of likely N-dealkylation sites (tertiary alicyclic amines) is 1. The minimum atomic E-state index is -4.39. The van der Waals surface area contributed by atoms with Crippen molar-refractivity contribution in [3.8, 4) is 0 Å². The van der Waals surface area contributed by atoms with Gasteiger partial charge in [0.25, 0.3) is 0 Å². The summed E-state index contributed by atoms with van der Waals surface area (Å²) in [5.74, 6) is -0.991. The molecule has 0 saturated carbocycles. The molecule has 0 aliphatic carbocycles. The molecule has 2 N–H and O–H groups in total. The fourth-order valence-electron chi connectivity index (χ4n) is 2.77. The number of primary amides is 1. The van der Waals surface area contributed by atoms with Gasteiger partial charge in [0, 0.05) is 12.6 Å². The molecule has 23 heavy (non-hydrogen) atoms. The maximum Gasteiger partial charge on any atom is 0.416 e. The molecule has 126 valence electrons. The van der Waals surface area contributed by atoms with Crippen molar-refractivity contribution in [1.29, 1.82) is 0 Å². The van der Waals surface area contributed by atoms with Crippen molar-refractivity contribution in [3.05, 3.63) is 35.4 Å². The van der Waals surface area contributed by atoms with Crippen molar-refractivity contribution in [1.82, 2.24) is 4.90 Å². The summed E-state index contributed by atoms with van der Waals surface area (Å²) in [5.41, 5.74) is 5.07. The number of nitrogens with zero attached hydrogens (tertiary/aromatic N) is 1. The monoisotopic (exact) mass is 328 g/mol. The molecule has 7 heteroatoms. The molecule has 0 bridgehead atoms. The third-order valence-corrected chi connectivity index (χ3v) is 4.24. The number of piperidine rings is 1. The van der Waals surface area contributed by atoms with Crippen molar-refractivity contribution >= 4 is 11.8 Å². The van der Waals surface area contributed by atoms with E-state index in [2.05, 4.69) is 0 Å². The van der Waals surface area contributed by atoms with Crippen LogP contribution in [0.4, 0.5) is 13.2 Å². The average Bonchev–Trinajstić information content (AvgIpc) is 2.47. The highest BCUT2D eigenvalue weighted by atomic mass is 19.4. The van der Waals surface area contributed by atoms with Crippen LogP contribution in [0.15, 0.2) is 24.3 Å². The Bertz CT molecular complexity index is 584. The number of benzene rings is 1. The van der Waals surface area contributed by atoms with E-state index < -0.39 is 17.6 Å². The van der Waals surface area contributed by atoms with Crippen molar-refractivity contribution in [2.45, 2.75) is 38.4 Å². The molecule has 1 aromatic carbocycles. The standard InChI is InChI=1S/C16H19F3N2O2/c1-10-2-5-12(15(20)23)9-21(10)14(22)8-11-3-6-13(7-4-11)16(17,18)19/h3-4,6-7,10,12H,2,5,8-9H2,1H3,(H2,20,23)/t10-,12-/m1/s1. The zero-order chi connectivity index (χ0) is 17.2. The largest absolute Gasteiger partial charge is 0.416 e. The van der Waals surface area contributed by atoms with E-state index in [-0.39, 0.29) is 30.8 Å². The predicted molar refractivity (Wildman–Crippen MR) is 78.2 cm³/mol.